The van der Waals surface area contributed by atoms with Crippen LogP contribution in [0.1, 0.15) is 47.4 Å². The van der Waals surface area contributed by atoms with Gasteiger partial charge in [0.05, 0.1) is 6.10 Å². The minimum absolute atomic E-state index is 0.0195. The van der Waals surface area contributed by atoms with Gasteiger partial charge in [0, 0.05) is 24.3 Å². The molecule has 0 aliphatic carbocycles. The minimum atomic E-state index is -0.842. The molecule has 0 bridgehead atoms. The van der Waals surface area contributed by atoms with E-state index >= 15 is 0 Å². The molecule has 7 heteroatoms. The maximum Gasteiger partial charge on any atom is 0.271 e. The molecule has 3 aromatic rings. The molecule has 2 N–H and O–H groups in total. The van der Waals surface area contributed by atoms with Crippen molar-refractivity contribution in [2.75, 3.05) is 6.54 Å². The molecule has 0 saturated heterocycles. The molecule has 1 aromatic carbocycles. The highest BCUT2D eigenvalue weighted by Crippen LogP contribution is 2.18. The lowest BCUT2D eigenvalue weighted by atomic mass is 10.00. The quantitative estimate of drug-likeness (QED) is 0.734. The smallest absolute Gasteiger partial charge is 0.271 e. The zero-order valence-corrected chi connectivity index (χ0v) is 14.8. The summed E-state index contributed by atoms with van der Waals surface area (Å²) in [5, 5.41) is 14.6. The Morgan fingerprint density at radius 2 is 1.96 bits per heavy atom. The first-order valence-electron chi connectivity index (χ1n) is 7.98. The number of thiazole rings is 1. The Kier molecular flexibility index (Phi) is 4.96. The molecular formula is C18H19N3O3S. The third kappa shape index (κ3) is 3.62. The predicted octanol–water partition coefficient (Wildman–Crippen LogP) is 2.34. The van der Waals surface area contributed by atoms with E-state index in [2.05, 4.69) is 24.1 Å². The molecular weight excluding hydrogens is 338 g/mol. The number of carbonyl (C=O) groups excluding carboxylic acids is 1. The summed E-state index contributed by atoms with van der Waals surface area (Å²) in [6.45, 7) is 4.22. The van der Waals surface area contributed by atoms with E-state index in [-0.39, 0.29) is 12.1 Å². The first kappa shape index (κ1) is 17.3. The second kappa shape index (κ2) is 7.16. The van der Waals surface area contributed by atoms with Gasteiger partial charge < -0.3 is 10.4 Å². The molecule has 1 atom stereocenters. The van der Waals surface area contributed by atoms with E-state index in [0.29, 0.717) is 16.4 Å². The maximum absolute atomic E-state index is 12.3. The second-order valence-electron chi connectivity index (χ2n) is 6.08. The molecule has 1 amide bonds. The highest BCUT2D eigenvalue weighted by Gasteiger charge is 2.16. The number of nitrogens with one attached hydrogen (secondary N) is 1. The highest BCUT2D eigenvalue weighted by molar-refractivity contribution is 7.15. The van der Waals surface area contributed by atoms with Gasteiger partial charge in [-0.05, 0) is 17.0 Å². The van der Waals surface area contributed by atoms with Gasteiger partial charge in [-0.1, -0.05) is 38.1 Å². The van der Waals surface area contributed by atoms with Crippen LogP contribution in [0.3, 0.4) is 0 Å². The summed E-state index contributed by atoms with van der Waals surface area (Å²) in [7, 11) is 0. The van der Waals surface area contributed by atoms with E-state index in [4.69, 9.17) is 0 Å². The van der Waals surface area contributed by atoms with Gasteiger partial charge >= 0.3 is 0 Å². The van der Waals surface area contributed by atoms with Gasteiger partial charge in [-0.15, -0.1) is 11.3 Å². The number of benzene rings is 1. The number of fused-ring (bicyclic) bond motifs is 1. The van der Waals surface area contributed by atoms with Crippen molar-refractivity contribution in [1.82, 2.24) is 14.7 Å². The van der Waals surface area contributed by atoms with E-state index in [9.17, 15) is 14.7 Å². The van der Waals surface area contributed by atoms with Crippen LogP contribution in [0.25, 0.3) is 4.96 Å². The van der Waals surface area contributed by atoms with Crippen molar-refractivity contribution in [3.63, 3.8) is 0 Å². The molecule has 3 rings (SSSR count). The molecule has 2 heterocycles. The molecule has 0 spiro atoms. The Labute approximate surface area is 148 Å². The lowest BCUT2D eigenvalue weighted by Gasteiger charge is -2.13. The molecule has 1 unspecified atom stereocenters. The largest absolute Gasteiger partial charge is 0.387 e. The van der Waals surface area contributed by atoms with Crippen molar-refractivity contribution < 1.29 is 9.90 Å². The predicted molar refractivity (Wildman–Crippen MR) is 97.2 cm³/mol. The van der Waals surface area contributed by atoms with Crippen molar-refractivity contribution >= 4 is 22.2 Å². The molecule has 0 radical (unpaired) electrons. The van der Waals surface area contributed by atoms with Crippen molar-refractivity contribution in [3.05, 3.63) is 69.1 Å². The van der Waals surface area contributed by atoms with Crippen LogP contribution >= 0.6 is 11.3 Å². The van der Waals surface area contributed by atoms with Gasteiger partial charge in [0.25, 0.3) is 11.5 Å². The Bertz CT molecular complexity index is 944. The Hall–Kier alpha value is -2.51. The van der Waals surface area contributed by atoms with Crippen molar-refractivity contribution in [3.8, 4) is 0 Å². The SMILES string of the molecule is CC(C)c1ccc(C(O)CNC(=O)c2cnc3sccn3c2=O)cc1. The summed E-state index contributed by atoms with van der Waals surface area (Å²) in [6.07, 6.45) is 2.01. The molecule has 25 heavy (non-hydrogen) atoms. The number of hydrogen-bond donors (Lipinski definition) is 2. The summed E-state index contributed by atoms with van der Waals surface area (Å²) >= 11 is 1.32. The molecule has 6 nitrogen and oxygen atoms in total. The third-order valence-electron chi connectivity index (χ3n) is 4.03. The zero-order valence-electron chi connectivity index (χ0n) is 14.0. The number of aliphatic hydroxyl groups excluding tert-OH is 1. The Morgan fingerprint density at radius 3 is 2.64 bits per heavy atom. The normalized spacial score (nSPS) is 12.5. The number of amides is 1. The van der Waals surface area contributed by atoms with Gasteiger partial charge in [-0.25, -0.2) is 4.98 Å². The molecule has 0 saturated carbocycles. The molecule has 0 aliphatic heterocycles. The number of nitrogens with zero attached hydrogens (tertiary/aromatic N) is 2. The molecule has 130 valence electrons. The number of rotatable bonds is 5. The van der Waals surface area contributed by atoms with Gasteiger partial charge in [-0.2, -0.15) is 0 Å². The summed E-state index contributed by atoms with van der Waals surface area (Å²) < 4.78 is 1.33. The van der Waals surface area contributed by atoms with Gasteiger partial charge in [0.1, 0.15) is 5.56 Å². The number of aliphatic hydroxyl groups is 1. The van der Waals surface area contributed by atoms with Gasteiger partial charge in [-0.3, -0.25) is 14.0 Å². The van der Waals surface area contributed by atoms with Crippen molar-refractivity contribution in [2.24, 2.45) is 0 Å². The minimum Gasteiger partial charge on any atom is -0.387 e. The number of aromatic nitrogens is 2. The lowest BCUT2D eigenvalue weighted by Crippen LogP contribution is -2.33. The number of carbonyl (C=O) groups is 1. The average Bonchev–Trinajstić information content (AvgIpc) is 3.09. The standard InChI is InChI=1S/C18H19N3O3S/c1-11(2)12-3-5-13(6-4-12)15(22)10-19-16(23)14-9-20-18-21(17(14)24)7-8-25-18/h3-9,11,15,22H,10H2,1-2H3,(H,19,23). The van der Waals surface area contributed by atoms with Crippen molar-refractivity contribution in [1.29, 1.82) is 0 Å². The zero-order chi connectivity index (χ0) is 18.0. The summed E-state index contributed by atoms with van der Waals surface area (Å²) in [5.74, 6) is -0.130. The fraction of sp³-hybridized carbons (Fsp3) is 0.278. The fourth-order valence-electron chi connectivity index (χ4n) is 2.49. The number of hydrogen-bond acceptors (Lipinski definition) is 5. The van der Waals surface area contributed by atoms with Gasteiger partial charge in [0.2, 0.25) is 0 Å². The molecule has 2 aromatic heterocycles. The lowest BCUT2D eigenvalue weighted by molar-refractivity contribution is 0.0914. The van der Waals surface area contributed by atoms with Crippen LogP contribution in [-0.4, -0.2) is 26.9 Å². The molecule has 0 aliphatic rings. The van der Waals surface area contributed by atoms with E-state index in [1.165, 1.54) is 27.5 Å². The topological polar surface area (TPSA) is 83.7 Å². The monoisotopic (exact) mass is 357 g/mol. The fourth-order valence-corrected chi connectivity index (χ4v) is 3.16. The van der Waals surface area contributed by atoms with Crippen LogP contribution in [-0.2, 0) is 0 Å². The van der Waals surface area contributed by atoms with E-state index in [0.717, 1.165) is 0 Å². The highest BCUT2D eigenvalue weighted by atomic mass is 32.1. The van der Waals surface area contributed by atoms with Crippen LogP contribution in [0.15, 0.2) is 46.8 Å². The van der Waals surface area contributed by atoms with Crippen LogP contribution in [0.2, 0.25) is 0 Å². The summed E-state index contributed by atoms with van der Waals surface area (Å²) in [4.78, 5) is 29.1. The second-order valence-corrected chi connectivity index (χ2v) is 6.95. The Morgan fingerprint density at radius 1 is 1.28 bits per heavy atom. The first-order chi connectivity index (χ1) is 12.0. The molecule has 0 fully saturated rings. The third-order valence-corrected chi connectivity index (χ3v) is 4.80. The Balaban J connectivity index is 1.68. The van der Waals surface area contributed by atoms with E-state index in [1.807, 2.05) is 24.3 Å². The van der Waals surface area contributed by atoms with Gasteiger partial charge in [0.15, 0.2) is 4.96 Å². The van der Waals surface area contributed by atoms with Crippen LogP contribution in [0, 0.1) is 0 Å². The van der Waals surface area contributed by atoms with E-state index in [1.54, 1.807) is 11.6 Å². The van der Waals surface area contributed by atoms with Crippen LogP contribution in [0.4, 0.5) is 0 Å². The first-order valence-corrected chi connectivity index (χ1v) is 8.86. The summed E-state index contributed by atoms with van der Waals surface area (Å²) in [5.41, 5.74) is 1.44. The van der Waals surface area contributed by atoms with Crippen molar-refractivity contribution in [2.45, 2.75) is 25.9 Å². The van der Waals surface area contributed by atoms with Crippen LogP contribution < -0.4 is 10.9 Å². The maximum atomic E-state index is 12.3. The average molecular weight is 357 g/mol. The van der Waals surface area contributed by atoms with E-state index < -0.39 is 17.6 Å². The summed E-state index contributed by atoms with van der Waals surface area (Å²) in [6, 6.07) is 7.62. The van der Waals surface area contributed by atoms with Crippen LogP contribution in [0.5, 0.6) is 0 Å².